The fourth-order valence-corrected chi connectivity index (χ4v) is 10.0. The normalized spacial score (nSPS) is 15.5. The largest absolute Gasteiger partial charge is 0.444 e. The maximum Gasteiger partial charge on any atom is 0.408 e. The minimum absolute atomic E-state index is 0.0720. The molecule has 0 heterocycles. The SMILES string of the molecule is CC(C)(C)NC(=O)c1c2c(c(C(=O)NC(C)(C)C)c3c1CC(NC(=O)[C@@H](NC(=O)OC(C)(C)C)c1ccccc1)(c1ccccc1)C3)CC(NC(=O)[C@@H](NC(=O)OC(C)(C)C)c1ccccc1)(c1ccccc1)C2. The van der Waals surface area contributed by atoms with Crippen LogP contribution in [0.5, 0.6) is 0 Å². The van der Waals surface area contributed by atoms with E-state index in [1.165, 1.54) is 0 Å². The molecule has 2 aliphatic rings. The van der Waals surface area contributed by atoms with Gasteiger partial charge in [0.25, 0.3) is 11.8 Å². The van der Waals surface area contributed by atoms with Gasteiger partial charge in [-0.25, -0.2) is 9.59 Å². The minimum Gasteiger partial charge on any atom is -0.444 e. The number of alkyl carbamates (subject to hydrolysis) is 2. The molecule has 0 bridgehead atoms. The lowest BCUT2D eigenvalue weighted by atomic mass is 9.84. The summed E-state index contributed by atoms with van der Waals surface area (Å²) in [6.07, 6.45) is -1.28. The molecule has 6 N–H and O–H groups in total. The zero-order chi connectivity index (χ0) is 54.0. The molecule has 0 aromatic heterocycles. The summed E-state index contributed by atoms with van der Waals surface area (Å²) < 4.78 is 11.3. The van der Waals surface area contributed by atoms with Crippen molar-refractivity contribution in [3.63, 3.8) is 0 Å². The first-order valence-corrected chi connectivity index (χ1v) is 25.2. The second-order valence-electron chi connectivity index (χ2n) is 23.6. The third-order valence-electron chi connectivity index (χ3n) is 12.8. The Kier molecular flexibility index (Phi) is 15.3. The van der Waals surface area contributed by atoms with Crippen molar-refractivity contribution in [1.29, 1.82) is 0 Å². The zero-order valence-corrected chi connectivity index (χ0v) is 44.8. The summed E-state index contributed by atoms with van der Waals surface area (Å²) in [7, 11) is 0. The molecule has 14 nitrogen and oxygen atoms in total. The molecular formula is C60H72N6O8. The lowest BCUT2D eigenvalue weighted by molar-refractivity contribution is -0.126. The highest BCUT2D eigenvalue weighted by Gasteiger charge is 2.51. The highest BCUT2D eigenvalue weighted by atomic mass is 16.6. The molecule has 0 aliphatic heterocycles. The summed E-state index contributed by atoms with van der Waals surface area (Å²) in [6.45, 7) is 21.8. The standard InChI is InChI=1S/C60H72N6O8/c1-55(2,3)63-49(67)45-41-33-59(39-29-21-15-22-30-39,65-51(69)47(37-25-17-13-18-26-37)61-53(71)73-57(7,8)9)35-43(41)46(50(68)64-56(4,5)6)44-36-60(34-42(44)45,40-31-23-16-24-32-40)66-52(70)48(38-27-19-14-20-28-38)62-54(72)74-58(10,11)12/h13-32,47-48H,33-36H2,1-12H3,(H,61,71)(H,62,72)(H,63,67)(H,64,68)(H,65,69)(H,66,70)/t47-,48-,59?,60?/m0/s1. The van der Waals surface area contributed by atoms with E-state index in [0.717, 1.165) is 0 Å². The molecule has 0 saturated carbocycles. The third-order valence-corrected chi connectivity index (χ3v) is 12.8. The molecular weight excluding hydrogens is 933 g/mol. The molecule has 390 valence electrons. The van der Waals surface area contributed by atoms with Crippen molar-refractivity contribution >= 4 is 35.8 Å². The van der Waals surface area contributed by atoms with Crippen molar-refractivity contribution < 1.29 is 38.2 Å². The van der Waals surface area contributed by atoms with Gasteiger partial charge in [-0.05, 0) is 128 Å². The van der Waals surface area contributed by atoms with Crippen LogP contribution in [0.4, 0.5) is 9.59 Å². The van der Waals surface area contributed by atoms with Crippen LogP contribution in [-0.4, -0.2) is 58.1 Å². The van der Waals surface area contributed by atoms with Crippen LogP contribution in [-0.2, 0) is 55.8 Å². The number of benzene rings is 5. The van der Waals surface area contributed by atoms with Gasteiger partial charge in [0.05, 0.1) is 11.1 Å². The molecule has 7 rings (SSSR count). The van der Waals surface area contributed by atoms with Crippen LogP contribution < -0.4 is 31.9 Å². The predicted molar refractivity (Wildman–Crippen MR) is 285 cm³/mol. The van der Waals surface area contributed by atoms with Crippen molar-refractivity contribution in [2.24, 2.45) is 0 Å². The zero-order valence-electron chi connectivity index (χ0n) is 44.8. The van der Waals surface area contributed by atoms with E-state index in [0.29, 0.717) is 55.6 Å². The van der Waals surface area contributed by atoms with Gasteiger partial charge in [-0.3, -0.25) is 19.2 Å². The number of hydrogen-bond donors (Lipinski definition) is 6. The topological polar surface area (TPSA) is 193 Å². The second-order valence-corrected chi connectivity index (χ2v) is 23.6. The monoisotopic (exact) mass is 1000 g/mol. The molecule has 6 amide bonds. The Morgan fingerprint density at radius 2 is 0.689 bits per heavy atom. The Bertz CT molecular complexity index is 2660. The maximum atomic E-state index is 15.4. The van der Waals surface area contributed by atoms with E-state index < -0.39 is 69.4 Å². The van der Waals surface area contributed by atoms with Crippen LogP contribution in [0.3, 0.4) is 0 Å². The minimum atomic E-state index is -1.26. The van der Waals surface area contributed by atoms with Gasteiger partial charge in [0.1, 0.15) is 23.3 Å². The molecule has 0 fully saturated rings. The van der Waals surface area contributed by atoms with Crippen LogP contribution in [0.2, 0.25) is 0 Å². The molecule has 2 atom stereocenters. The number of fused-ring (bicyclic) bond motifs is 2. The summed E-state index contributed by atoms with van der Waals surface area (Å²) in [6, 6.07) is 34.2. The van der Waals surface area contributed by atoms with E-state index in [1.807, 2.05) is 114 Å². The number of nitrogens with one attached hydrogen (secondary N) is 6. The lowest BCUT2D eigenvalue weighted by Crippen LogP contribution is -2.52. The number of hydrogen-bond acceptors (Lipinski definition) is 8. The Balaban J connectivity index is 1.43. The molecule has 0 saturated heterocycles. The number of rotatable bonds is 12. The molecule has 0 unspecified atom stereocenters. The second kappa shape index (κ2) is 20.8. The van der Waals surface area contributed by atoms with Gasteiger partial charge >= 0.3 is 12.2 Å². The first-order chi connectivity index (χ1) is 34.6. The number of ether oxygens (including phenoxy) is 2. The Hall–Kier alpha value is -7.48. The summed E-state index contributed by atoms with van der Waals surface area (Å²) in [4.78, 5) is 88.0. The fourth-order valence-electron chi connectivity index (χ4n) is 10.0. The van der Waals surface area contributed by atoms with Crippen LogP contribution in [0, 0.1) is 0 Å². The van der Waals surface area contributed by atoms with E-state index in [9.17, 15) is 9.59 Å². The molecule has 0 radical (unpaired) electrons. The van der Waals surface area contributed by atoms with Crippen molar-refractivity contribution in [1.82, 2.24) is 31.9 Å². The fraction of sp³-hybridized carbons (Fsp3) is 0.400. The van der Waals surface area contributed by atoms with E-state index in [1.54, 1.807) is 90.1 Å². The van der Waals surface area contributed by atoms with Crippen LogP contribution in [0.25, 0.3) is 0 Å². The Morgan fingerprint density at radius 1 is 0.419 bits per heavy atom. The summed E-state index contributed by atoms with van der Waals surface area (Å²) >= 11 is 0. The summed E-state index contributed by atoms with van der Waals surface area (Å²) in [5.74, 6) is -1.85. The summed E-state index contributed by atoms with van der Waals surface area (Å²) in [5.41, 5.74) is -0.238. The average Bonchev–Trinajstić information content (AvgIpc) is 3.87. The Morgan fingerprint density at radius 3 is 0.946 bits per heavy atom. The molecule has 14 heteroatoms. The van der Waals surface area contributed by atoms with E-state index in [2.05, 4.69) is 31.9 Å². The van der Waals surface area contributed by atoms with Crippen molar-refractivity contribution in [3.05, 3.63) is 177 Å². The summed E-state index contributed by atoms with van der Waals surface area (Å²) in [5, 5.41) is 18.8. The van der Waals surface area contributed by atoms with Crippen molar-refractivity contribution in [2.45, 2.75) is 154 Å². The van der Waals surface area contributed by atoms with Crippen LogP contribution in [0.1, 0.15) is 160 Å². The number of amides is 6. The van der Waals surface area contributed by atoms with Gasteiger partial charge in [0.2, 0.25) is 11.8 Å². The quantitative estimate of drug-likeness (QED) is 0.0712. The lowest BCUT2D eigenvalue weighted by Gasteiger charge is -2.34. The maximum absolute atomic E-state index is 15.4. The van der Waals surface area contributed by atoms with E-state index in [4.69, 9.17) is 9.47 Å². The van der Waals surface area contributed by atoms with E-state index in [-0.39, 0.29) is 37.5 Å². The predicted octanol–water partition coefficient (Wildman–Crippen LogP) is 9.50. The molecule has 5 aromatic carbocycles. The highest BCUT2D eigenvalue weighted by molar-refractivity contribution is 6.05. The average molecular weight is 1010 g/mol. The molecule has 74 heavy (non-hydrogen) atoms. The number of carbonyl (C=O) groups excluding carboxylic acids is 6. The van der Waals surface area contributed by atoms with Crippen LogP contribution in [0.15, 0.2) is 121 Å². The van der Waals surface area contributed by atoms with Crippen LogP contribution >= 0.6 is 0 Å². The molecule has 2 aliphatic carbocycles. The smallest absolute Gasteiger partial charge is 0.408 e. The van der Waals surface area contributed by atoms with E-state index >= 15 is 19.2 Å². The molecule has 5 aromatic rings. The van der Waals surface area contributed by atoms with Gasteiger partial charge in [0, 0.05) is 47.9 Å². The van der Waals surface area contributed by atoms with Gasteiger partial charge in [-0.1, -0.05) is 121 Å². The highest BCUT2D eigenvalue weighted by Crippen LogP contribution is 2.49. The first kappa shape index (κ1) is 54.3. The van der Waals surface area contributed by atoms with Gasteiger partial charge in [-0.2, -0.15) is 0 Å². The van der Waals surface area contributed by atoms with Gasteiger partial charge < -0.3 is 41.4 Å². The molecule has 0 spiro atoms. The van der Waals surface area contributed by atoms with Crippen molar-refractivity contribution in [3.8, 4) is 0 Å². The third kappa shape index (κ3) is 12.8. The van der Waals surface area contributed by atoms with Gasteiger partial charge in [0.15, 0.2) is 0 Å². The van der Waals surface area contributed by atoms with Gasteiger partial charge in [-0.15, -0.1) is 0 Å². The Labute approximate surface area is 435 Å². The number of carbonyl (C=O) groups is 6. The van der Waals surface area contributed by atoms with Crippen molar-refractivity contribution in [2.75, 3.05) is 0 Å². The first-order valence-electron chi connectivity index (χ1n) is 25.2.